The number of aromatic nitrogens is 2. The molecule has 5 rings (SSSR count). The van der Waals surface area contributed by atoms with E-state index in [1.54, 1.807) is 0 Å². The highest BCUT2D eigenvalue weighted by Crippen LogP contribution is 2.27. The van der Waals surface area contributed by atoms with Crippen molar-refractivity contribution in [1.29, 1.82) is 0 Å². The maximum atomic E-state index is 6.12. The van der Waals surface area contributed by atoms with Gasteiger partial charge in [0.25, 0.3) is 0 Å². The average Bonchev–Trinajstić information content (AvgIpc) is 2.84. The van der Waals surface area contributed by atoms with Crippen molar-refractivity contribution >= 4 is 39.7 Å². The van der Waals surface area contributed by atoms with Gasteiger partial charge in [0.15, 0.2) is 0 Å². The smallest absolute Gasteiger partial charge is 0.128 e. The number of aryl methyl sites for hydroxylation is 2. The van der Waals surface area contributed by atoms with Crippen LogP contribution in [-0.2, 0) is 12.8 Å². The third-order valence-corrected chi connectivity index (χ3v) is 6.29. The number of anilines is 3. The van der Waals surface area contributed by atoms with Crippen LogP contribution < -0.4 is 10.2 Å². The Bertz CT molecular complexity index is 1220. The summed E-state index contributed by atoms with van der Waals surface area (Å²) in [4.78, 5) is 11.8. The SMILES string of the molecule is Clc1ccc2c(Nc3cccc(CCc4cccc(N5CCCCC5)n4)c3)ccnc2c1. The largest absolute Gasteiger partial charge is 0.357 e. The molecule has 1 aliphatic heterocycles. The first-order valence-corrected chi connectivity index (χ1v) is 11.7. The third-order valence-electron chi connectivity index (χ3n) is 6.05. The van der Waals surface area contributed by atoms with Gasteiger partial charge in [-0.2, -0.15) is 0 Å². The Morgan fingerprint density at radius 2 is 1.75 bits per heavy atom. The monoisotopic (exact) mass is 442 g/mol. The number of piperidine rings is 1. The fourth-order valence-electron chi connectivity index (χ4n) is 4.37. The maximum Gasteiger partial charge on any atom is 0.128 e. The highest BCUT2D eigenvalue weighted by Gasteiger charge is 2.12. The van der Waals surface area contributed by atoms with Crippen molar-refractivity contribution in [2.24, 2.45) is 0 Å². The molecule has 0 atom stereocenters. The molecule has 0 bridgehead atoms. The van der Waals surface area contributed by atoms with Crippen molar-refractivity contribution in [2.45, 2.75) is 32.1 Å². The second-order valence-electron chi connectivity index (χ2n) is 8.38. The quantitative estimate of drug-likeness (QED) is 0.356. The molecule has 0 unspecified atom stereocenters. The molecule has 1 N–H and O–H groups in total. The van der Waals surface area contributed by atoms with Crippen LogP contribution in [0.2, 0.25) is 5.02 Å². The molecule has 0 amide bonds. The number of nitrogens with one attached hydrogen (secondary N) is 1. The van der Waals surface area contributed by atoms with Gasteiger partial charge in [-0.1, -0.05) is 29.8 Å². The van der Waals surface area contributed by atoms with Crippen LogP contribution in [0.1, 0.15) is 30.5 Å². The maximum absolute atomic E-state index is 6.12. The number of hydrogen-bond acceptors (Lipinski definition) is 4. The summed E-state index contributed by atoms with van der Waals surface area (Å²) in [6.45, 7) is 2.25. The summed E-state index contributed by atoms with van der Waals surface area (Å²) in [7, 11) is 0. The minimum absolute atomic E-state index is 0.696. The molecule has 5 heteroatoms. The van der Waals surface area contributed by atoms with Crippen molar-refractivity contribution in [3.05, 3.63) is 89.2 Å². The van der Waals surface area contributed by atoms with Crippen LogP contribution in [0.3, 0.4) is 0 Å². The van der Waals surface area contributed by atoms with Crippen molar-refractivity contribution in [2.75, 3.05) is 23.3 Å². The molecular formula is C27H27ClN4. The minimum Gasteiger partial charge on any atom is -0.357 e. The summed E-state index contributed by atoms with van der Waals surface area (Å²) >= 11 is 6.12. The van der Waals surface area contributed by atoms with Gasteiger partial charge >= 0.3 is 0 Å². The number of fused-ring (bicyclic) bond motifs is 1. The second-order valence-corrected chi connectivity index (χ2v) is 8.82. The first-order valence-electron chi connectivity index (χ1n) is 11.4. The van der Waals surface area contributed by atoms with Gasteiger partial charge in [-0.15, -0.1) is 0 Å². The van der Waals surface area contributed by atoms with Crippen molar-refractivity contribution in [1.82, 2.24) is 9.97 Å². The van der Waals surface area contributed by atoms with Gasteiger partial charge in [-0.3, -0.25) is 4.98 Å². The van der Waals surface area contributed by atoms with E-state index in [0.717, 1.165) is 59.7 Å². The van der Waals surface area contributed by atoms with E-state index >= 15 is 0 Å². The van der Waals surface area contributed by atoms with Gasteiger partial charge in [0.1, 0.15) is 5.82 Å². The summed E-state index contributed by atoms with van der Waals surface area (Å²) in [6.07, 6.45) is 7.58. The van der Waals surface area contributed by atoms with E-state index in [9.17, 15) is 0 Å². The van der Waals surface area contributed by atoms with Crippen LogP contribution >= 0.6 is 11.6 Å². The van der Waals surface area contributed by atoms with E-state index in [2.05, 4.69) is 57.7 Å². The number of halogens is 1. The van der Waals surface area contributed by atoms with Crippen molar-refractivity contribution in [3.8, 4) is 0 Å². The lowest BCUT2D eigenvalue weighted by Gasteiger charge is -2.28. The molecule has 1 saturated heterocycles. The lowest BCUT2D eigenvalue weighted by atomic mass is 10.1. The predicted octanol–water partition coefficient (Wildman–Crippen LogP) is 6.80. The Hall–Kier alpha value is -3.11. The van der Waals surface area contributed by atoms with E-state index in [1.807, 2.05) is 30.5 Å². The standard InChI is InChI=1S/C27H27ClN4/c28-21-11-13-24-25(14-15-29-26(24)19-21)30-23-8-4-6-20(18-23)10-12-22-7-5-9-27(31-22)32-16-2-1-3-17-32/h4-9,11,13-15,18-19H,1-3,10,12,16-17H2,(H,29,30). The number of rotatable bonds is 6. The normalized spacial score (nSPS) is 14.0. The zero-order valence-corrected chi connectivity index (χ0v) is 18.9. The molecule has 32 heavy (non-hydrogen) atoms. The first kappa shape index (κ1) is 20.8. The van der Waals surface area contributed by atoms with Crippen molar-refractivity contribution in [3.63, 3.8) is 0 Å². The van der Waals surface area contributed by atoms with Crippen LogP contribution in [-0.4, -0.2) is 23.1 Å². The molecule has 1 fully saturated rings. The number of benzene rings is 2. The second kappa shape index (κ2) is 9.58. The van der Waals surface area contributed by atoms with E-state index in [-0.39, 0.29) is 0 Å². The summed E-state index contributed by atoms with van der Waals surface area (Å²) in [5.41, 5.74) is 5.43. The third kappa shape index (κ3) is 4.86. The molecule has 0 radical (unpaired) electrons. The van der Waals surface area contributed by atoms with Crippen molar-refractivity contribution < 1.29 is 0 Å². The Morgan fingerprint density at radius 3 is 2.66 bits per heavy atom. The van der Waals surface area contributed by atoms with Crippen LogP contribution in [0.15, 0.2) is 72.9 Å². The van der Waals surface area contributed by atoms with E-state index < -0.39 is 0 Å². The fourth-order valence-corrected chi connectivity index (χ4v) is 4.53. The molecule has 4 aromatic rings. The van der Waals surface area contributed by atoms with Gasteiger partial charge in [-0.05, 0) is 86.2 Å². The Labute approximate surface area is 194 Å². The minimum atomic E-state index is 0.696. The average molecular weight is 443 g/mol. The predicted molar refractivity (Wildman–Crippen MR) is 134 cm³/mol. The van der Waals surface area contributed by atoms with Gasteiger partial charge < -0.3 is 10.2 Å². The summed E-state index contributed by atoms with van der Waals surface area (Å²) in [5, 5.41) is 5.30. The summed E-state index contributed by atoms with van der Waals surface area (Å²) in [5.74, 6) is 1.13. The van der Waals surface area contributed by atoms with E-state index in [1.165, 1.54) is 24.8 Å². The highest BCUT2D eigenvalue weighted by atomic mass is 35.5. The Morgan fingerprint density at radius 1 is 0.875 bits per heavy atom. The zero-order valence-electron chi connectivity index (χ0n) is 18.1. The highest BCUT2D eigenvalue weighted by molar-refractivity contribution is 6.31. The zero-order chi connectivity index (χ0) is 21.8. The van der Waals surface area contributed by atoms with Gasteiger partial charge in [-0.25, -0.2) is 4.98 Å². The molecule has 162 valence electrons. The van der Waals surface area contributed by atoms with Crippen LogP contribution in [0.5, 0.6) is 0 Å². The van der Waals surface area contributed by atoms with Crippen LogP contribution in [0, 0.1) is 0 Å². The van der Waals surface area contributed by atoms with Crippen LogP contribution in [0.25, 0.3) is 10.9 Å². The molecule has 0 saturated carbocycles. The van der Waals surface area contributed by atoms with E-state index in [4.69, 9.17) is 16.6 Å². The lowest BCUT2D eigenvalue weighted by molar-refractivity contribution is 0.572. The molecule has 4 nitrogen and oxygen atoms in total. The Kier molecular flexibility index (Phi) is 6.22. The topological polar surface area (TPSA) is 41.0 Å². The molecule has 2 aromatic heterocycles. The molecule has 1 aliphatic rings. The molecule has 0 aliphatic carbocycles. The number of nitrogens with zero attached hydrogens (tertiary/aromatic N) is 3. The summed E-state index contributed by atoms with van der Waals surface area (Å²) < 4.78 is 0. The lowest BCUT2D eigenvalue weighted by Crippen LogP contribution is -2.30. The van der Waals surface area contributed by atoms with Gasteiger partial charge in [0.05, 0.1) is 5.52 Å². The number of hydrogen-bond donors (Lipinski definition) is 1. The fraction of sp³-hybridized carbons (Fsp3) is 0.259. The molecule has 3 heterocycles. The number of pyridine rings is 2. The van der Waals surface area contributed by atoms with Gasteiger partial charge in [0.2, 0.25) is 0 Å². The van der Waals surface area contributed by atoms with E-state index in [0.29, 0.717) is 5.02 Å². The molecule has 2 aromatic carbocycles. The van der Waals surface area contributed by atoms with Gasteiger partial charge in [0, 0.05) is 46.8 Å². The summed E-state index contributed by atoms with van der Waals surface area (Å²) in [6, 6.07) is 22.8. The Balaban J connectivity index is 1.28. The molecule has 0 spiro atoms. The first-order chi connectivity index (χ1) is 15.7. The van der Waals surface area contributed by atoms with Crippen LogP contribution in [0.4, 0.5) is 17.2 Å². The molecular weight excluding hydrogens is 416 g/mol.